The van der Waals surface area contributed by atoms with Crippen LogP contribution in [0.3, 0.4) is 0 Å². The van der Waals surface area contributed by atoms with Crippen molar-refractivity contribution < 1.29 is 33.3 Å². The van der Waals surface area contributed by atoms with E-state index in [0.29, 0.717) is 60.6 Å². The molecule has 0 aromatic heterocycles. The molecule has 0 aromatic carbocycles. The topological polar surface area (TPSA) is 80.3 Å². The molecule has 0 amide bonds. The third-order valence-electron chi connectivity index (χ3n) is 11.1. The molecule has 4 aliphatic carbocycles. The highest BCUT2D eigenvalue weighted by atomic mass is 16.7. The monoisotopic (exact) mass is 508 g/mol. The molecule has 4 fully saturated rings. The molecule has 0 bridgehead atoms. The summed E-state index contributed by atoms with van der Waals surface area (Å²) >= 11 is 0. The normalized spacial score (nSPS) is 42.8. The fourth-order valence-corrected chi connectivity index (χ4v) is 9.27. The van der Waals surface area contributed by atoms with Gasteiger partial charge in [-0.3, -0.25) is 9.59 Å². The number of ketones is 1. The van der Waals surface area contributed by atoms with E-state index in [1.165, 1.54) is 7.11 Å². The van der Waals surface area contributed by atoms with E-state index in [9.17, 15) is 9.59 Å². The van der Waals surface area contributed by atoms with Crippen molar-refractivity contribution >= 4 is 11.8 Å². The van der Waals surface area contributed by atoms with Crippen molar-refractivity contribution in [3.8, 4) is 0 Å². The Balaban J connectivity index is 1.68. The Morgan fingerprint density at radius 2 is 1.75 bits per heavy atom. The SMILES string of the molecule is COCO[C@H]1C[C@H]2[C@@H]([C@H](OCOC)C[C@H]3CC(=O)CC[C@@]32C)[C@@H]2CC[C@H]([C@H](C)CCC(=O)OC)[C@@]12C. The van der Waals surface area contributed by atoms with Gasteiger partial charge in [-0.05, 0) is 79.4 Å². The van der Waals surface area contributed by atoms with Crippen molar-refractivity contribution in [2.75, 3.05) is 34.9 Å². The number of rotatable bonds is 10. The van der Waals surface area contributed by atoms with Crippen LogP contribution in [-0.4, -0.2) is 58.9 Å². The molecule has 4 rings (SSSR count). The maximum Gasteiger partial charge on any atom is 0.305 e. The van der Waals surface area contributed by atoms with Crippen LogP contribution in [0.5, 0.6) is 0 Å². The summed E-state index contributed by atoms with van der Waals surface area (Å²) in [6, 6.07) is 0. The number of carbonyl (C=O) groups is 2. The summed E-state index contributed by atoms with van der Waals surface area (Å²) in [6.45, 7) is 7.75. The largest absolute Gasteiger partial charge is 0.469 e. The molecule has 0 heterocycles. The van der Waals surface area contributed by atoms with Gasteiger partial charge in [-0.2, -0.15) is 0 Å². The average molecular weight is 509 g/mol. The number of ether oxygens (including phenoxy) is 5. The molecule has 7 heteroatoms. The fraction of sp³-hybridized carbons (Fsp3) is 0.931. The molecule has 0 saturated heterocycles. The zero-order valence-corrected chi connectivity index (χ0v) is 23.3. The first kappa shape index (κ1) is 28.0. The van der Waals surface area contributed by atoms with Crippen LogP contribution in [0, 0.1) is 46.3 Å². The molecule has 4 aliphatic rings. The molecule has 0 aliphatic heterocycles. The minimum absolute atomic E-state index is 0.0302. The van der Waals surface area contributed by atoms with Gasteiger partial charge < -0.3 is 23.7 Å². The molecular formula is C29H48O7. The molecular weight excluding hydrogens is 460 g/mol. The lowest BCUT2D eigenvalue weighted by Gasteiger charge is -2.64. The van der Waals surface area contributed by atoms with E-state index < -0.39 is 0 Å². The van der Waals surface area contributed by atoms with Gasteiger partial charge in [0.15, 0.2) is 0 Å². The van der Waals surface area contributed by atoms with Crippen LogP contribution in [0.25, 0.3) is 0 Å². The Hall–Kier alpha value is -1.02. The second-order valence-electron chi connectivity index (χ2n) is 12.5. The Kier molecular flexibility index (Phi) is 8.85. The fourth-order valence-electron chi connectivity index (χ4n) is 9.27. The maximum atomic E-state index is 12.5. The lowest BCUT2D eigenvalue weighted by molar-refractivity contribution is -0.242. The number of methoxy groups -OCH3 is 3. The summed E-state index contributed by atoms with van der Waals surface area (Å²) < 4.78 is 28.7. The van der Waals surface area contributed by atoms with Crippen LogP contribution in [-0.2, 0) is 33.3 Å². The number of fused-ring (bicyclic) bond motifs is 5. The lowest BCUT2D eigenvalue weighted by atomic mass is 9.43. The third kappa shape index (κ3) is 4.90. The number of hydrogen-bond donors (Lipinski definition) is 0. The number of carbonyl (C=O) groups excluding carboxylic acids is 2. The zero-order valence-electron chi connectivity index (χ0n) is 23.3. The number of Topliss-reactive ketones (excluding diaryl/α,β-unsaturated/α-hetero) is 1. The Morgan fingerprint density at radius 3 is 2.44 bits per heavy atom. The highest BCUT2D eigenvalue weighted by Gasteiger charge is 2.66. The summed E-state index contributed by atoms with van der Waals surface area (Å²) in [7, 11) is 4.84. The minimum atomic E-state index is -0.136. The van der Waals surface area contributed by atoms with Gasteiger partial charge in [0.2, 0.25) is 0 Å². The highest BCUT2D eigenvalue weighted by Crippen LogP contribution is 2.69. The van der Waals surface area contributed by atoms with Crippen LogP contribution in [0.15, 0.2) is 0 Å². The van der Waals surface area contributed by atoms with Crippen molar-refractivity contribution in [1.82, 2.24) is 0 Å². The molecule has 4 saturated carbocycles. The second-order valence-corrected chi connectivity index (χ2v) is 12.5. The van der Waals surface area contributed by atoms with E-state index in [-0.39, 0.29) is 42.6 Å². The molecule has 10 atom stereocenters. The molecule has 0 radical (unpaired) electrons. The first-order valence-corrected chi connectivity index (χ1v) is 14.0. The van der Waals surface area contributed by atoms with Crippen LogP contribution in [0.4, 0.5) is 0 Å². The summed E-state index contributed by atoms with van der Waals surface area (Å²) in [5.41, 5.74) is 0.0910. The highest BCUT2D eigenvalue weighted by molar-refractivity contribution is 5.79. The third-order valence-corrected chi connectivity index (χ3v) is 11.1. The van der Waals surface area contributed by atoms with Crippen LogP contribution >= 0.6 is 0 Å². The van der Waals surface area contributed by atoms with Crippen LogP contribution in [0.2, 0.25) is 0 Å². The minimum Gasteiger partial charge on any atom is -0.469 e. The molecule has 206 valence electrons. The molecule has 36 heavy (non-hydrogen) atoms. The van der Waals surface area contributed by atoms with Crippen molar-refractivity contribution in [1.29, 1.82) is 0 Å². The predicted molar refractivity (Wildman–Crippen MR) is 135 cm³/mol. The molecule has 7 nitrogen and oxygen atoms in total. The van der Waals surface area contributed by atoms with Gasteiger partial charge >= 0.3 is 5.97 Å². The first-order valence-electron chi connectivity index (χ1n) is 14.0. The Bertz CT molecular complexity index is 786. The van der Waals surface area contributed by atoms with E-state index >= 15 is 0 Å². The van der Waals surface area contributed by atoms with Crippen LogP contribution in [0.1, 0.15) is 78.6 Å². The summed E-state index contributed by atoms with van der Waals surface area (Å²) in [4.78, 5) is 24.4. The summed E-state index contributed by atoms with van der Waals surface area (Å²) in [5.74, 6) is 2.78. The quantitative estimate of drug-likeness (QED) is 0.303. The van der Waals surface area contributed by atoms with Gasteiger partial charge in [-0.1, -0.05) is 20.8 Å². The number of esters is 1. The number of hydrogen-bond acceptors (Lipinski definition) is 7. The average Bonchev–Trinajstić information content (AvgIpc) is 3.23. The van der Waals surface area contributed by atoms with E-state index in [1.54, 1.807) is 14.2 Å². The maximum absolute atomic E-state index is 12.5. The van der Waals surface area contributed by atoms with Gasteiger partial charge in [0.05, 0.1) is 19.3 Å². The second kappa shape index (κ2) is 11.4. The predicted octanol–water partition coefficient (Wildman–Crippen LogP) is 5.00. The van der Waals surface area contributed by atoms with E-state index in [4.69, 9.17) is 23.7 Å². The van der Waals surface area contributed by atoms with Gasteiger partial charge in [0.25, 0.3) is 0 Å². The van der Waals surface area contributed by atoms with Crippen molar-refractivity contribution in [2.45, 2.75) is 90.8 Å². The summed E-state index contributed by atoms with van der Waals surface area (Å²) in [6.07, 6.45) is 7.97. The van der Waals surface area contributed by atoms with Gasteiger partial charge in [0, 0.05) is 38.9 Å². The van der Waals surface area contributed by atoms with E-state index in [0.717, 1.165) is 38.5 Å². The molecule has 0 N–H and O–H groups in total. The van der Waals surface area contributed by atoms with Crippen molar-refractivity contribution in [3.05, 3.63) is 0 Å². The standard InChI is InChI=1S/C29H48O7/c1-18(7-10-26(31)34-6)21-8-9-22-27-23(15-25(29(21,22)3)36-17-33-5)28(2)12-11-20(30)13-19(28)14-24(27)35-16-32-4/h18-19,21-25,27H,7-17H2,1-6H3/t18-,19-,21-,22+,23+,24-,25+,27+,28+,29-/m1/s1. The zero-order chi connectivity index (χ0) is 26.1. The molecule has 0 spiro atoms. The lowest BCUT2D eigenvalue weighted by Crippen LogP contribution is -2.63. The molecule has 0 aromatic rings. The Morgan fingerprint density at radius 1 is 1.03 bits per heavy atom. The molecule has 0 unspecified atom stereocenters. The van der Waals surface area contributed by atoms with E-state index in [2.05, 4.69) is 20.8 Å². The van der Waals surface area contributed by atoms with Crippen LogP contribution < -0.4 is 0 Å². The van der Waals surface area contributed by atoms with Crippen molar-refractivity contribution in [2.24, 2.45) is 46.3 Å². The van der Waals surface area contributed by atoms with Crippen molar-refractivity contribution in [3.63, 3.8) is 0 Å². The first-order chi connectivity index (χ1) is 17.2. The van der Waals surface area contributed by atoms with Gasteiger partial charge in [-0.25, -0.2) is 0 Å². The van der Waals surface area contributed by atoms with Gasteiger partial charge in [-0.15, -0.1) is 0 Å². The Labute approximate surface area is 217 Å². The van der Waals surface area contributed by atoms with E-state index in [1.807, 2.05) is 0 Å². The van der Waals surface area contributed by atoms with Gasteiger partial charge in [0.1, 0.15) is 19.4 Å². The smallest absolute Gasteiger partial charge is 0.305 e. The summed E-state index contributed by atoms with van der Waals surface area (Å²) in [5, 5.41) is 0.